The van der Waals surface area contributed by atoms with Crippen molar-refractivity contribution >= 4 is 11.6 Å². The SMILES string of the molecule is CCc1nn(C)cc1CNc1cc(NN)ncn1. The molecule has 0 aliphatic rings. The fraction of sp³-hybridized carbons (Fsp3) is 0.364. The van der Waals surface area contributed by atoms with Crippen molar-refractivity contribution in [2.75, 3.05) is 10.7 Å². The third-order valence-electron chi connectivity index (χ3n) is 2.60. The van der Waals surface area contributed by atoms with Gasteiger partial charge in [-0.1, -0.05) is 6.92 Å². The van der Waals surface area contributed by atoms with E-state index in [0.29, 0.717) is 12.4 Å². The Morgan fingerprint density at radius 1 is 1.33 bits per heavy atom. The maximum atomic E-state index is 5.29. The van der Waals surface area contributed by atoms with Gasteiger partial charge in [0.05, 0.1) is 5.69 Å². The lowest BCUT2D eigenvalue weighted by atomic mass is 10.2. The van der Waals surface area contributed by atoms with Gasteiger partial charge in [0.1, 0.15) is 18.0 Å². The second-order valence-electron chi connectivity index (χ2n) is 3.91. The van der Waals surface area contributed by atoms with E-state index in [1.165, 1.54) is 11.9 Å². The molecule has 18 heavy (non-hydrogen) atoms. The van der Waals surface area contributed by atoms with Crippen LogP contribution in [0.4, 0.5) is 11.6 Å². The first-order chi connectivity index (χ1) is 8.72. The van der Waals surface area contributed by atoms with Gasteiger partial charge < -0.3 is 10.7 Å². The predicted octanol–water partition coefficient (Wildman–Crippen LogP) is 0.670. The van der Waals surface area contributed by atoms with E-state index in [9.17, 15) is 0 Å². The zero-order valence-corrected chi connectivity index (χ0v) is 10.5. The Kier molecular flexibility index (Phi) is 3.73. The number of hydrazine groups is 1. The average molecular weight is 247 g/mol. The molecule has 4 N–H and O–H groups in total. The number of hydrogen-bond acceptors (Lipinski definition) is 6. The van der Waals surface area contributed by atoms with Gasteiger partial charge in [-0.15, -0.1) is 0 Å². The zero-order valence-electron chi connectivity index (χ0n) is 10.5. The van der Waals surface area contributed by atoms with Crippen molar-refractivity contribution in [1.29, 1.82) is 0 Å². The number of nitrogens with two attached hydrogens (primary N) is 1. The molecule has 0 aromatic carbocycles. The van der Waals surface area contributed by atoms with Gasteiger partial charge in [0.2, 0.25) is 0 Å². The second-order valence-corrected chi connectivity index (χ2v) is 3.91. The first kappa shape index (κ1) is 12.3. The summed E-state index contributed by atoms with van der Waals surface area (Å²) in [6, 6.07) is 1.75. The minimum atomic E-state index is 0.578. The molecule has 0 bridgehead atoms. The second kappa shape index (κ2) is 5.46. The maximum absolute atomic E-state index is 5.29. The topological polar surface area (TPSA) is 93.7 Å². The molecular weight excluding hydrogens is 230 g/mol. The van der Waals surface area contributed by atoms with Crippen LogP contribution in [0.2, 0.25) is 0 Å². The van der Waals surface area contributed by atoms with Crippen molar-refractivity contribution in [3.05, 3.63) is 29.8 Å². The fourth-order valence-corrected chi connectivity index (χ4v) is 1.75. The Balaban J connectivity index is 2.06. The Bertz CT molecular complexity index is 520. The number of aryl methyl sites for hydroxylation is 2. The van der Waals surface area contributed by atoms with Gasteiger partial charge in [-0.25, -0.2) is 15.8 Å². The van der Waals surface area contributed by atoms with Crippen LogP contribution in [0, 0.1) is 0 Å². The third-order valence-corrected chi connectivity index (χ3v) is 2.60. The number of nitrogen functional groups attached to an aromatic ring is 1. The number of hydrogen-bond donors (Lipinski definition) is 3. The minimum absolute atomic E-state index is 0.578. The van der Waals surface area contributed by atoms with Crippen LogP contribution < -0.4 is 16.6 Å². The lowest BCUT2D eigenvalue weighted by molar-refractivity contribution is 0.746. The van der Waals surface area contributed by atoms with Crippen LogP contribution >= 0.6 is 0 Å². The van der Waals surface area contributed by atoms with Crippen molar-refractivity contribution in [2.45, 2.75) is 19.9 Å². The van der Waals surface area contributed by atoms with Gasteiger partial charge in [-0.2, -0.15) is 5.10 Å². The van der Waals surface area contributed by atoms with Crippen LogP contribution in [-0.2, 0) is 20.0 Å². The molecule has 96 valence electrons. The fourth-order valence-electron chi connectivity index (χ4n) is 1.75. The molecule has 0 saturated carbocycles. The Morgan fingerprint density at radius 3 is 2.83 bits per heavy atom. The quantitative estimate of drug-likeness (QED) is 0.531. The van der Waals surface area contributed by atoms with Crippen molar-refractivity contribution in [2.24, 2.45) is 12.9 Å². The van der Waals surface area contributed by atoms with E-state index >= 15 is 0 Å². The molecule has 7 nitrogen and oxygen atoms in total. The van der Waals surface area contributed by atoms with Crippen LogP contribution in [0.1, 0.15) is 18.2 Å². The van der Waals surface area contributed by atoms with Crippen LogP contribution in [0.5, 0.6) is 0 Å². The van der Waals surface area contributed by atoms with E-state index in [1.54, 1.807) is 6.07 Å². The maximum Gasteiger partial charge on any atom is 0.145 e. The molecule has 0 amide bonds. The minimum Gasteiger partial charge on any atom is -0.366 e. The Morgan fingerprint density at radius 2 is 2.11 bits per heavy atom. The van der Waals surface area contributed by atoms with Crippen LogP contribution in [0.3, 0.4) is 0 Å². The molecule has 2 heterocycles. The van der Waals surface area contributed by atoms with E-state index < -0.39 is 0 Å². The van der Waals surface area contributed by atoms with Crippen LogP contribution in [-0.4, -0.2) is 19.7 Å². The van der Waals surface area contributed by atoms with Crippen molar-refractivity contribution in [3.63, 3.8) is 0 Å². The molecule has 0 spiro atoms. The summed E-state index contributed by atoms with van der Waals surface area (Å²) in [5.74, 6) is 6.60. The number of nitrogens with zero attached hydrogens (tertiary/aromatic N) is 4. The smallest absolute Gasteiger partial charge is 0.145 e. The molecule has 0 fully saturated rings. The molecule has 0 radical (unpaired) electrons. The highest BCUT2D eigenvalue weighted by Gasteiger charge is 2.06. The molecule has 0 saturated heterocycles. The monoisotopic (exact) mass is 247 g/mol. The summed E-state index contributed by atoms with van der Waals surface area (Å²) >= 11 is 0. The molecule has 0 aliphatic carbocycles. The molecular formula is C11H17N7. The molecule has 2 rings (SSSR count). The number of aromatic nitrogens is 4. The van der Waals surface area contributed by atoms with Crippen LogP contribution in [0.15, 0.2) is 18.6 Å². The van der Waals surface area contributed by atoms with Crippen molar-refractivity contribution < 1.29 is 0 Å². The first-order valence-electron chi connectivity index (χ1n) is 5.77. The lowest BCUT2D eigenvalue weighted by Gasteiger charge is -2.06. The predicted molar refractivity (Wildman–Crippen MR) is 69.8 cm³/mol. The molecule has 2 aromatic rings. The van der Waals surface area contributed by atoms with Crippen molar-refractivity contribution in [3.8, 4) is 0 Å². The first-order valence-corrected chi connectivity index (χ1v) is 5.77. The zero-order chi connectivity index (χ0) is 13.0. The standard InChI is InChI=1S/C11H17N7/c1-3-9-8(6-18(2)17-9)5-13-10-4-11(16-12)15-7-14-10/h4,6-7H,3,5,12H2,1-2H3,(H2,13,14,15,16). The van der Waals surface area contributed by atoms with Gasteiger partial charge in [0, 0.05) is 31.4 Å². The molecule has 0 atom stereocenters. The highest BCUT2D eigenvalue weighted by Crippen LogP contribution is 2.12. The van der Waals surface area contributed by atoms with Gasteiger partial charge in [0.15, 0.2) is 0 Å². The molecule has 7 heteroatoms. The van der Waals surface area contributed by atoms with E-state index in [1.807, 2.05) is 17.9 Å². The van der Waals surface area contributed by atoms with Gasteiger partial charge in [-0.3, -0.25) is 4.68 Å². The number of anilines is 2. The average Bonchev–Trinajstić information content (AvgIpc) is 2.77. The third kappa shape index (κ3) is 2.75. The van der Waals surface area contributed by atoms with Gasteiger partial charge in [0.25, 0.3) is 0 Å². The summed E-state index contributed by atoms with van der Waals surface area (Å²) in [5, 5.41) is 7.61. The highest BCUT2D eigenvalue weighted by atomic mass is 15.3. The van der Waals surface area contributed by atoms with E-state index in [2.05, 4.69) is 32.7 Å². The number of rotatable bonds is 5. The lowest BCUT2D eigenvalue weighted by Crippen LogP contribution is -2.10. The highest BCUT2D eigenvalue weighted by molar-refractivity contribution is 5.46. The Hall–Kier alpha value is -2.15. The van der Waals surface area contributed by atoms with E-state index in [0.717, 1.165) is 17.9 Å². The summed E-state index contributed by atoms with van der Waals surface area (Å²) < 4.78 is 1.82. The summed E-state index contributed by atoms with van der Waals surface area (Å²) in [6.07, 6.45) is 4.38. The largest absolute Gasteiger partial charge is 0.366 e. The summed E-state index contributed by atoms with van der Waals surface area (Å²) in [5.41, 5.74) is 4.75. The van der Waals surface area contributed by atoms with E-state index in [-0.39, 0.29) is 0 Å². The molecule has 2 aromatic heterocycles. The summed E-state index contributed by atoms with van der Waals surface area (Å²) in [6.45, 7) is 2.77. The van der Waals surface area contributed by atoms with Gasteiger partial charge >= 0.3 is 0 Å². The van der Waals surface area contributed by atoms with Crippen molar-refractivity contribution in [1.82, 2.24) is 19.7 Å². The summed E-state index contributed by atoms with van der Waals surface area (Å²) in [4.78, 5) is 8.07. The van der Waals surface area contributed by atoms with Crippen LogP contribution in [0.25, 0.3) is 0 Å². The van der Waals surface area contributed by atoms with E-state index in [4.69, 9.17) is 5.84 Å². The van der Waals surface area contributed by atoms with Gasteiger partial charge in [-0.05, 0) is 6.42 Å². The molecule has 0 aliphatic heterocycles. The summed E-state index contributed by atoms with van der Waals surface area (Å²) in [7, 11) is 1.92. The normalized spacial score (nSPS) is 10.4. The molecule has 0 unspecified atom stereocenters. The Labute approximate surface area is 105 Å². The number of nitrogens with one attached hydrogen (secondary N) is 2.